The quantitative estimate of drug-likeness (QED) is 0.863. The second-order valence-corrected chi connectivity index (χ2v) is 6.08. The molecule has 3 rings (SSSR count). The third-order valence-corrected chi connectivity index (χ3v) is 4.14. The Bertz CT molecular complexity index is 782. The first kappa shape index (κ1) is 14.5. The van der Waals surface area contributed by atoms with Crippen LogP contribution in [0.5, 0.6) is 0 Å². The van der Waals surface area contributed by atoms with Crippen molar-refractivity contribution in [3.05, 3.63) is 64.3 Å². The van der Waals surface area contributed by atoms with Crippen LogP contribution >= 0.6 is 11.8 Å². The van der Waals surface area contributed by atoms with Gasteiger partial charge in [0, 0.05) is 12.4 Å². The first-order valence-electron chi connectivity index (χ1n) is 6.89. The topological polar surface area (TPSA) is 54.4 Å². The number of amides is 1. The van der Waals surface area contributed by atoms with Crippen molar-refractivity contribution in [1.29, 1.82) is 0 Å². The molecule has 2 aromatic rings. The molecule has 1 aromatic carbocycles. The molecule has 1 fully saturated rings. The molecule has 0 atom stereocenters. The summed E-state index contributed by atoms with van der Waals surface area (Å²) in [6.45, 7) is 4.06. The molecule has 1 aliphatic rings. The van der Waals surface area contributed by atoms with E-state index in [1.165, 1.54) is 17.3 Å². The van der Waals surface area contributed by atoms with E-state index in [1.807, 2.05) is 44.2 Å². The normalized spacial score (nSPS) is 18.0. The maximum Gasteiger partial charge on any atom is 0.264 e. The molecule has 1 amide bonds. The van der Waals surface area contributed by atoms with E-state index in [0.29, 0.717) is 10.1 Å². The number of thioether (sulfide) groups is 1. The van der Waals surface area contributed by atoms with E-state index in [1.54, 1.807) is 12.4 Å². The van der Waals surface area contributed by atoms with Crippen LogP contribution in [0, 0.1) is 13.8 Å². The summed E-state index contributed by atoms with van der Waals surface area (Å²) >= 11 is 1.35. The summed E-state index contributed by atoms with van der Waals surface area (Å²) in [6, 6.07) is 9.78. The fourth-order valence-electron chi connectivity index (χ4n) is 2.13. The van der Waals surface area contributed by atoms with Gasteiger partial charge in [0.1, 0.15) is 0 Å². The zero-order chi connectivity index (χ0) is 15.5. The van der Waals surface area contributed by atoms with Gasteiger partial charge in [-0.3, -0.25) is 9.78 Å². The van der Waals surface area contributed by atoms with Crippen molar-refractivity contribution in [1.82, 2.24) is 10.3 Å². The summed E-state index contributed by atoms with van der Waals surface area (Å²) in [7, 11) is 0. The highest BCUT2D eigenvalue weighted by Gasteiger charge is 2.23. The molecule has 0 unspecified atom stereocenters. The van der Waals surface area contributed by atoms with E-state index in [2.05, 4.69) is 21.4 Å². The highest BCUT2D eigenvalue weighted by atomic mass is 32.2. The molecular formula is C17H15N3OS. The Labute approximate surface area is 133 Å². The standard InChI is InChI=1S/C17H15N3OS/c1-11-3-4-14(12(2)9-11)19-17-20-16(21)15(22-17)10-13-5-7-18-8-6-13/h3-10H,1-2H3,(H,19,20,21). The van der Waals surface area contributed by atoms with Crippen molar-refractivity contribution in [2.75, 3.05) is 0 Å². The van der Waals surface area contributed by atoms with E-state index in [9.17, 15) is 4.79 Å². The number of hydrogen-bond donors (Lipinski definition) is 1. The summed E-state index contributed by atoms with van der Waals surface area (Å²) in [5, 5.41) is 3.41. The molecule has 4 nitrogen and oxygen atoms in total. The number of nitrogens with one attached hydrogen (secondary N) is 1. The molecule has 1 aromatic heterocycles. The van der Waals surface area contributed by atoms with Crippen molar-refractivity contribution in [2.45, 2.75) is 13.8 Å². The average Bonchev–Trinajstić information content (AvgIpc) is 2.83. The van der Waals surface area contributed by atoms with E-state index in [0.717, 1.165) is 16.8 Å². The summed E-state index contributed by atoms with van der Waals surface area (Å²) < 4.78 is 0. The Balaban J connectivity index is 1.85. The van der Waals surface area contributed by atoms with Gasteiger partial charge in [-0.1, -0.05) is 17.7 Å². The second-order valence-electron chi connectivity index (χ2n) is 5.05. The molecule has 1 saturated heterocycles. The minimum Gasteiger partial charge on any atom is -0.300 e. The van der Waals surface area contributed by atoms with Gasteiger partial charge in [0.05, 0.1) is 10.6 Å². The molecule has 0 radical (unpaired) electrons. The predicted octanol–water partition coefficient (Wildman–Crippen LogP) is 3.59. The SMILES string of the molecule is Cc1ccc(N=C2NC(=O)C(=Cc3ccncc3)S2)c(C)c1. The Morgan fingerprint density at radius 3 is 2.68 bits per heavy atom. The number of rotatable bonds is 2. The molecule has 0 saturated carbocycles. The lowest BCUT2D eigenvalue weighted by Gasteiger charge is -2.02. The molecule has 0 bridgehead atoms. The predicted molar refractivity (Wildman–Crippen MR) is 91.0 cm³/mol. The number of nitrogens with zero attached hydrogens (tertiary/aromatic N) is 2. The van der Waals surface area contributed by atoms with Gasteiger partial charge in [0.15, 0.2) is 5.17 Å². The van der Waals surface area contributed by atoms with E-state index >= 15 is 0 Å². The molecule has 1 N–H and O–H groups in total. The van der Waals surface area contributed by atoms with Crippen molar-refractivity contribution in [2.24, 2.45) is 4.99 Å². The Hall–Kier alpha value is -2.40. The van der Waals surface area contributed by atoms with Crippen LogP contribution in [-0.2, 0) is 4.79 Å². The van der Waals surface area contributed by atoms with Crippen LogP contribution in [-0.4, -0.2) is 16.1 Å². The van der Waals surface area contributed by atoms with Crippen LogP contribution in [0.15, 0.2) is 52.6 Å². The number of aliphatic imine (C=N–C) groups is 1. The van der Waals surface area contributed by atoms with E-state index in [4.69, 9.17) is 0 Å². The number of pyridine rings is 1. The minimum absolute atomic E-state index is 0.120. The van der Waals surface area contributed by atoms with Crippen molar-refractivity contribution in [3.8, 4) is 0 Å². The number of aromatic nitrogens is 1. The van der Waals surface area contributed by atoms with Crippen LogP contribution < -0.4 is 5.32 Å². The fourth-order valence-corrected chi connectivity index (χ4v) is 2.97. The highest BCUT2D eigenvalue weighted by molar-refractivity contribution is 8.18. The van der Waals surface area contributed by atoms with Crippen LogP contribution in [0.25, 0.3) is 6.08 Å². The van der Waals surface area contributed by atoms with Crippen LogP contribution in [0.3, 0.4) is 0 Å². The second kappa shape index (κ2) is 6.15. The lowest BCUT2D eigenvalue weighted by atomic mass is 10.1. The van der Waals surface area contributed by atoms with Crippen LogP contribution in [0.1, 0.15) is 16.7 Å². The number of aryl methyl sites for hydroxylation is 2. The summed E-state index contributed by atoms with van der Waals surface area (Å²) in [6.07, 6.45) is 5.25. The van der Waals surface area contributed by atoms with Crippen LogP contribution in [0.2, 0.25) is 0 Å². The van der Waals surface area contributed by atoms with Gasteiger partial charge >= 0.3 is 0 Å². The zero-order valence-electron chi connectivity index (χ0n) is 12.3. The first-order chi connectivity index (χ1) is 10.6. The molecule has 5 heteroatoms. The lowest BCUT2D eigenvalue weighted by Crippen LogP contribution is -2.19. The maximum atomic E-state index is 12.0. The number of benzene rings is 1. The van der Waals surface area contributed by atoms with Crippen molar-refractivity contribution < 1.29 is 4.79 Å². The van der Waals surface area contributed by atoms with E-state index in [-0.39, 0.29) is 5.91 Å². The van der Waals surface area contributed by atoms with Gasteiger partial charge in [-0.2, -0.15) is 0 Å². The summed E-state index contributed by atoms with van der Waals surface area (Å²) in [5.74, 6) is -0.120. The number of carbonyl (C=O) groups excluding carboxylic acids is 1. The molecule has 0 aliphatic carbocycles. The summed E-state index contributed by atoms with van der Waals surface area (Å²) in [4.78, 5) is 21.2. The van der Waals surface area contributed by atoms with Crippen molar-refractivity contribution in [3.63, 3.8) is 0 Å². The van der Waals surface area contributed by atoms with Crippen LogP contribution in [0.4, 0.5) is 5.69 Å². The average molecular weight is 309 g/mol. The number of hydrogen-bond acceptors (Lipinski definition) is 4. The Morgan fingerprint density at radius 1 is 1.18 bits per heavy atom. The largest absolute Gasteiger partial charge is 0.300 e. The number of amidine groups is 1. The third-order valence-electron chi connectivity index (χ3n) is 3.23. The molecule has 1 aliphatic heterocycles. The molecule has 22 heavy (non-hydrogen) atoms. The van der Waals surface area contributed by atoms with Gasteiger partial charge in [0.25, 0.3) is 5.91 Å². The molecule has 110 valence electrons. The monoisotopic (exact) mass is 309 g/mol. The van der Waals surface area contributed by atoms with E-state index < -0.39 is 0 Å². The smallest absolute Gasteiger partial charge is 0.264 e. The van der Waals surface area contributed by atoms with Gasteiger partial charge in [-0.15, -0.1) is 0 Å². The highest BCUT2D eigenvalue weighted by Crippen LogP contribution is 2.29. The number of carbonyl (C=O) groups is 1. The molecular weight excluding hydrogens is 294 g/mol. The van der Waals surface area contributed by atoms with Gasteiger partial charge in [-0.05, 0) is 61.0 Å². The molecule has 0 spiro atoms. The minimum atomic E-state index is -0.120. The lowest BCUT2D eigenvalue weighted by molar-refractivity contribution is -0.115. The third kappa shape index (κ3) is 3.26. The first-order valence-corrected chi connectivity index (χ1v) is 7.70. The van der Waals surface area contributed by atoms with Gasteiger partial charge < -0.3 is 5.32 Å². The maximum absolute atomic E-state index is 12.0. The zero-order valence-corrected chi connectivity index (χ0v) is 13.1. The van der Waals surface area contributed by atoms with Crippen molar-refractivity contribution >= 4 is 34.6 Å². The summed E-state index contributed by atoms with van der Waals surface area (Å²) in [5.41, 5.74) is 4.11. The Morgan fingerprint density at radius 2 is 1.95 bits per heavy atom. The van der Waals surface area contributed by atoms with Gasteiger partial charge in [0.2, 0.25) is 0 Å². The molecule has 2 heterocycles. The Kier molecular flexibility index (Phi) is 4.06. The fraction of sp³-hybridized carbons (Fsp3) is 0.118. The van der Waals surface area contributed by atoms with Gasteiger partial charge in [-0.25, -0.2) is 4.99 Å².